The lowest BCUT2D eigenvalue weighted by Gasteiger charge is -2.16. The van der Waals surface area contributed by atoms with E-state index in [1.807, 2.05) is 6.20 Å². The van der Waals surface area contributed by atoms with Gasteiger partial charge < -0.3 is 4.57 Å². The third-order valence-corrected chi connectivity index (χ3v) is 5.53. The van der Waals surface area contributed by atoms with E-state index >= 15 is 0 Å². The third-order valence-electron chi connectivity index (χ3n) is 4.11. The Bertz CT molecular complexity index is 793. The number of sulfone groups is 1. The van der Waals surface area contributed by atoms with E-state index in [0.717, 1.165) is 36.3 Å². The number of hydrogen-bond donors (Lipinski definition) is 0. The minimum Gasteiger partial charge on any atom is -0.331 e. The van der Waals surface area contributed by atoms with Gasteiger partial charge in [-0.25, -0.2) is 13.4 Å². The van der Waals surface area contributed by atoms with Crippen LogP contribution in [0.4, 0.5) is 0 Å². The zero-order valence-corrected chi connectivity index (χ0v) is 15.6. The molecule has 0 spiro atoms. The van der Waals surface area contributed by atoms with Crippen molar-refractivity contribution in [3.8, 4) is 11.3 Å². The molecule has 1 heterocycles. The molecule has 4 nitrogen and oxygen atoms in total. The summed E-state index contributed by atoms with van der Waals surface area (Å²) in [4.78, 5) is 4.92. The molecule has 0 aliphatic carbocycles. The van der Waals surface area contributed by atoms with Crippen molar-refractivity contribution in [3.63, 3.8) is 0 Å². The van der Waals surface area contributed by atoms with Crippen molar-refractivity contribution in [2.24, 2.45) is 0 Å². The molecular weight excluding hydrogens is 332 g/mol. The second kappa shape index (κ2) is 7.05. The lowest BCUT2D eigenvalue weighted by atomic mass is 10.1. The molecule has 1 aromatic heterocycles. The largest absolute Gasteiger partial charge is 0.331 e. The highest BCUT2D eigenvalue weighted by Crippen LogP contribution is 2.31. The molecule has 0 radical (unpaired) electrons. The predicted molar refractivity (Wildman–Crippen MR) is 94.8 cm³/mol. The first-order valence-corrected chi connectivity index (χ1v) is 10.2. The van der Waals surface area contributed by atoms with Crippen LogP contribution in [0.2, 0.25) is 5.02 Å². The summed E-state index contributed by atoms with van der Waals surface area (Å²) in [7, 11) is -3.26. The van der Waals surface area contributed by atoms with E-state index in [4.69, 9.17) is 16.6 Å². The number of aryl methyl sites for hydroxylation is 1. The molecule has 0 unspecified atom stereocenters. The predicted octanol–water partition coefficient (Wildman–Crippen LogP) is 4.53. The van der Waals surface area contributed by atoms with Gasteiger partial charge in [-0.3, -0.25) is 0 Å². The highest BCUT2D eigenvalue weighted by atomic mass is 35.5. The summed E-state index contributed by atoms with van der Waals surface area (Å²) in [6, 6.07) is 5.23. The molecule has 0 bridgehead atoms. The van der Waals surface area contributed by atoms with Crippen molar-refractivity contribution in [2.75, 3.05) is 6.26 Å². The van der Waals surface area contributed by atoms with E-state index < -0.39 is 9.84 Å². The third kappa shape index (κ3) is 3.78. The maximum absolute atomic E-state index is 11.6. The summed E-state index contributed by atoms with van der Waals surface area (Å²) in [6.45, 7) is 6.42. The first-order valence-electron chi connectivity index (χ1n) is 7.89. The van der Waals surface area contributed by atoms with Crippen LogP contribution in [0, 0.1) is 0 Å². The number of imidazole rings is 1. The lowest BCUT2D eigenvalue weighted by Crippen LogP contribution is -2.09. The summed E-state index contributed by atoms with van der Waals surface area (Å²) < 4.78 is 25.5. The number of hydrogen-bond acceptors (Lipinski definition) is 3. The normalized spacial score (nSPS) is 12.1. The number of nitrogens with zero attached hydrogens (tertiary/aromatic N) is 2. The number of benzene rings is 1. The average Bonchev–Trinajstić information content (AvgIpc) is 2.91. The van der Waals surface area contributed by atoms with Gasteiger partial charge in [0.15, 0.2) is 9.84 Å². The molecule has 0 saturated heterocycles. The molecule has 0 amide bonds. The highest BCUT2D eigenvalue weighted by molar-refractivity contribution is 7.90. The Hall–Kier alpha value is -1.33. The van der Waals surface area contributed by atoms with E-state index in [2.05, 4.69) is 25.3 Å². The van der Waals surface area contributed by atoms with Gasteiger partial charge in [0.2, 0.25) is 0 Å². The molecule has 1 aromatic carbocycles. The van der Waals surface area contributed by atoms with Gasteiger partial charge in [-0.05, 0) is 31.0 Å². The van der Waals surface area contributed by atoms with Gasteiger partial charge in [0, 0.05) is 30.5 Å². The van der Waals surface area contributed by atoms with Gasteiger partial charge in [0.1, 0.15) is 5.82 Å². The fourth-order valence-electron chi connectivity index (χ4n) is 2.76. The molecular formula is C17H23ClN2O2S. The number of aromatic nitrogens is 2. The molecule has 6 heteroatoms. The van der Waals surface area contributed by atoms with Gasteiger partial charge in [-0.1, -0.05) is 32.4 Å². The minimum absolute atomic E-state index is 0.224. The second-order valence-electron chi connectivity index (χ2n) is 5.69. The zero-order valence-electron chi connectivity index (χ0n) is 14.0. The lowest BCUT2D eigenvalue weighted by molar-refractivity contribution is 0.456. The second-order valence-corrected chi connectivity index (χ2v) is 8.11. The Balaban J connectivity index is 2.51. The molecule has 126 valence electrons. The first-order chi connectivity index (χ1) is 10.8. The van der Waals surface area contributed by atoms with Crippen molar-refractivity contribution in [1.29, 1.82) is 0 Å². The number of rotatable bonds is 6. The Morgan fingerprint density at radius 1 is 1.22 bits per heavy atom. The summed E-state index contributed by atoms with van der Waals surface area (Å²) in [5.41, 5.74) is 1.55. The van der Waals surface area contributed by atoms with Crippen LogP contribution < -0.4 is 0 Å². The maximum Gasteiger partial charge on any atom is 0.175 e. The SMILES string of the molecule is CCc1nc(-c2ccc(S(C)(=O)=O)cc2Cl)cn1C(CC)CC. The highest BCUT2D eigenvalue weighted by Gasteiger charge is 2.17. The van der Waals surface area contributed by atoms with Crippen LogP contribution in [0.25, 0.3) is 11.3 Å². The Kier molecular flexibility index (Phi) is 5.53. The first kappa shape index (κ1) is 18.0. The fraction of sp³-hybridized carbons (Fsp3) is 0.471. The molecule has 0 saturated carbocycles. The van der Waals surface area contributed by atoms with Gasteiger partial charge in [-0.2, -0.15) is 0 Å². The standard InChI is InChI=1S/C17H23ClN2O2S/c1-5-12(6-2)20-11-16(19-17(20)7-3)14-9-8-13(10-15(14)18)23(4,21)22/h8-12H,5-7H2,1-4H3. The molecule has 0 fully saturated rings. The smallest absolute Gasteiger partial charge is 0.175 e. The van der Waals surface area contributed by atoms with Crippen molar-refractivity contribution in [1.82, 2.24) is 9.55 Å². The summed E-state index contributed by atoms with van der Waals surface area (Å²) in [5.74, 6) is 1.02. The molecule has 23 heavy (non-hydrogen) atoms. The average molecular weight is 355 g/mol. The van der Waals surface area contributed by atoms with Crippen LogP contribution in [0.1, 0.15) is 45.5 Å². The van der Waals surface area contributed by atoms with Crippen LogP contribution in [-0.2, 0) is 16.3 Å². The summed E-state index contributed by atoms with van der Waals surface area (Å²) >= 11 is 6.31. The fourth-order valence-corrected chi connectivity index (χ4v) is 3.74. The molecule has 0 N–H and O–H groups in total. The topological polar surface area (TPSA) is 52.0 Å². The zero-order chi connectivity index (χ0) is 17.2. The van der Waals surface area contributed by atoms with Crippen LogP contribution >= 0.6 is 11.6 Å². The quantitative estimate of drug-likeness (QED) is 0.765. The van der Waals surface area contributed by atoms with Gasteiger partial charge >= 0.3 is 0 Å². The molecule has 2 aromatic rings. The summed E-state index contributed by atoms with van der Waals surface area (Å²) in [5, 5.41) is 0.407. The van der Waals surface area contributed by atoms with Gasteiger partial charge in [-0.15, -0.1) is 0 Å². The van der Waals surface area contributed by atoms with Crippen LogP contribution in [0.15, 0.2) is 29.3 Å². The Morgan fingerprint density at radius 3 is 2.35 bits per heavy atom. The van der Waals surface area contributed by atoms with Crippen LogP contribution in [-0.4, -0.2) is 24.2 Å². The molecule has 2 rings (SSSR count). The van der Waals surface area contributed by atoms with E-state index in [-0.39, 0.29) is 4.90 Å². The summed E-state index contributed by atoms with van der Waals surface area (Å²) in [6.07, 6.45) is 6.13. The van der Waals surface area contributed by atoms with E-state index in [0.29, 0.717) is 11.1 Å². The van der Waals surface area contributed by atoms with Crippen LogP contribution in [0.5, 0.6) is 0 Å². The number of halogens is 1. The Labute approximate surface area is 143 Å². The Morgan fingerprint density at radius 2 is 1.87 bits per heavy atom. The monoisotopic (exact) mass is 354 g/mol. The van der Waals surface area contributed by atoms with E-state index in [1.54, 1.807) is 12.1 Å². The van der Waals surface area contributed by atoms with Gasteiger partial charge in [0.05, 0.1) is 15.6 Å². The van der Waals surface area contributed by atoms with Crippen molar-refractivity contribution >= 4 is 21.4 Å². The van der Waals surface area contributed by atoms with Crippen molar-refractivity contribution in [2.45, 2.75) is 51.0 Å². The van der Waals surface area contributed by atoms with E-state index in [9.17, 15) is 8.42 Å². The minimum atomic E-state index is -3.26. The molecule has 0 aliphatic heterocycles. The van der Waals surface area contributed by atoms with E-state index in [1.165, 1.54) is 12.3 Å². The molecule has 0 aliphatic rings. The maximum atomic E-state index is 11.6. The van der Waals surface area contributed by atoms with Crippen LogP contribution in [0.3, 0.4) is 0 Å². The van der Waals surface area contributed by atoms with Gasteiger partial charge in [0.25, 0.3) is 0 Å². The molecule has 0 atom stereocenters. The van der Waals surface area contributed by atoms with Crippen molar-refractivity contribution < 1.29 is 8.42 Å². The van der Waals surface area contributed by atoms with Crippen molar-refractivity contribution in [3.05, 3.63) is 35.2 Å².